The number of ether oxygens (including phenoxy) is 1. The van der Waals surface area contributed by atoms with Crippen LogP contribution in [-0.4, -0.2) is 49.4 Å². The first-order valence-corrected chi connectivity index (χ1v) is 12.7. The molecule has 10 heteroatoms. The van der Waals surface area contributed by atoms with Gasteiger partial charge in [-0.1, -0.05) is 0 Å². The van der Waals surface area contributed by atoms with Crippen LogP contribution in [0.5, 0.6) is 0 Å². The number of halogens is 1. The number of fused-ring (bicyclic) bond motifs is 1. The van der Waals surface area contributed by atoms with Gasteiger partial charge in [-0.15, -0.1) is 0 Å². The van der Waals surface area contributed by atoms with Crippen LogP contribution in [-0.2, 0) is 4.74 Å². The molecular formula is C28H32FN7O2. The van der Waals surface area contributed by atoms with Crippen LogP contribution in [0.15, 0.2) is 61.1 Å². The highest BCUT2D eigenvalue weighted by molar-refractivity contribution is 5.81. The number of aromatic nitrogens is 4. The highest BCUT2D eigenvalue weighted by Gasteiger charge is 2.30. The Morgan fingerprint density at radius 1 is 1.18 bits per heavy atom. The van der Waals surface area contributed by atoms with E-state index in [2.05, 4.69) is 15.4 Å². The average Bonchev–Trinajstić information content (AvgIpc) is 3.43. The topological polar surface area (TPSA) is 111 Å². The molecule has 9 nitrogen and oxygen atoms in total. The fraction of sp³-hybridized carbons (Fsp3) is 0.357. The van der Waals surface area contributed by atoms with Gasteiger partial charge in [0.2, 0.25) is 0 Å². The van der Waals surface area contributed by atoms with Crippen molar-refractivity contribution in [1.82, 2.24) is 24.6 Å². The van der Waals surface area contributed by atoms with Crippen LogP contribution in [0.2, 0.25) is 0 Å². The summed E-state index contributed by atoms with van der Waals surface area (Å²) >= 11 is 0. The van der Waals surface area contributed by atoms with Gasteiger partial charge < -0.3 is 20.7 Å². The highest BCUT2D eigenvalue weighted by atomic mass is 19.1. The van der Waals surface area contributed by atoms with Crippen LogP contribution in [0.3, 0.4) is 0 Å². The minimum absolute atomic E-state index is 0.195. The monoisotopic (exact) mass is 517 g/mol. The van der Waals surface area contributed by atoms with Gasteiger partial charge in [0.25, 0.3) is 0 Å². The number of amides is 1. The molecule has 3 aromatic heterocycles. The van der Waals surface area contributed by atoms with Gasteiger partial charge >= 0.3 is 6.09 Å². The number of hydrogen-bond acceptors (Lipinski definition) is 7. The van der Waals surface area contributed by atoms with E-state index in [1.807, 2.05) is 32.9 Å². The molecule has 0 bridgehead atoms. The van der Waals surface area contributed by atoms with Gasteiger partial charge in [-0.25, -0.2) is 18.9 Å². The quantitative estimate of drug-likeness (QED) is 0.367. The van der Waals surface area contributed by atoms with Gasteiger partial charge in [-0.2, -0.15) is 5.10 Å². The molecule has 1 saturated heterocycles. The van der Waals surface area contributed by atoms with Crippen LogP contribution in [0, 0.1) is 11.7 Å². The standard InChI is InChI=1S/C28H32FN7O2/c1-28(2,3)38-27(37)35-13-9-18(10-14-35)26(30)23-7-5-19-17-31-25(16-24(19)33-23)34-22-8-6-20(15-21(22)29)36-12-4-11-32-36/h4-8,11-12,15-18,26H,9-10,13-14,30H2,1-3H3,(H,31,34). The highest BCUT2D eigenvalue weighted by Crippen LogP contribution is 2.30. The second-order valence-electron chi connectivity index (χ2n) is 10.6. The molecule has 1 atom stereocenters. The van der Waals surface area contributed by atoms with Crippen LogP contribution in [0.25, 0.3) is 16.6 Å². The number of nitrogens with zero attached hydrogens (tertiary/aromatic N) is 5. The number of pyridine rings is 2. The zero-order chi connectivity index (χ0) is 26.9. The lowest BCUT2D eigenvalue weighted by atomic mass is 9.88. The number of anilines is 2. The molecule has 0 spiro atoms. The minimum atomic E-state index is -0.516. The molecular weight excluding hydrogens is 485 g/mol. The van der Waals surface area contributed by atoms with Crippen molar-refractivity contribution in [3.05, 3.63) is 72.6 Å². The Bertz CT molecular complexity index is 1430. The molecule has 1 aromatic carbocycles. The predicted octanol–water partition coefficient (Wildman–Crippen LogP) is 5.35. The van der Waals surface area contributed by atoms with Crippen molar-refractivity contribution < 1.29 is 13.9 Å². The SMILES string of the molecule is CC(C)(C)OC(=O)N1CCC(C(N)c2ccc3cnc(Nc4ccc(-n5cccn5)cc4F)cc3n2)CC1. The summed E-state index contributed by atoms with van der Waals surface area (Å²) < 4.78 is 21.9. The summed E-state index contributed by atoms with van der Waals surface area (Å²) in [5.41, 5.74) is 8.54. The average molecular weight is 518 g/mol. The van der Waals surface area contributed by atoms with Gasteiger partial charge in [0, 0.05) is 55.2 Å². The number of benzene rings is 1. The van der Waals surface area contributed by atoms with Crippen molar-refractivity contribution in [3.8, 4) is 5.69 Å². The number of piperidine rings is 1. The second kappa shape index (κ2) is 10.4. The Kier molecular flexibility index (Phi) is 6.98. The predicted molar refractivity (Wildman–Crippen MR) is 144 cm³/mol. The van der Waals surface area contributed by atoms with E-state index in [4.69, 9.17) is 15.5 Å². The van der Waals surface area contributed by atoms with Gasteiger partial charge in [-0.3, -0.25) is 4.98 Å². The normalized spacial score (nSPS) is 15.4. The zero-order valence-electron chi connectivity index (χ0n) is 21.8. The largest absolute Gasteiger partial charge is 0.444 e. The summed E-state index contributed by atoms with van der Waals surface area (Å²) in [6.07, 6.45) is 6.37. The number of carbonyl (C=O) groups excluding carboxylic acids is 1. The first-order chi connectivity index (χ1) is 18.2. The van der Waals surface area contributed by atoms with Crippen molar-refractivity contribution in [1.29, 1.82) is 0 Å². The third-order valence-electron chi connectivity index (χ3n) is 6.62. The number of carbonyl (C=O) groups is 1. The smallest absolute Gasteiger partial charge is 0.410 e. The summed E-state index contributed by atoms with van der Waals surface area (Å²) in [5, 5.41) is 8.04. The summed E-state index contributed by atoms with van der Waals surface area (Å²) in [7, 11) is 0. The van der Waals surface area contributed by atoms with Gasteiger partial charge in [0.05, 0.1) is 22.6 Å². The van der Waals surface area contributed by atoms with E-state index < -0.39 is 11.4 Å². The fourth-order valence-electron chi connectivity index (χ4n) is 4.60. The Hall–Kier alpha value is -4.05. The zero-order valence-corrected chi connectivity index (χ0v) is 21.8. The van der Waals surface area contributed by atoms with Crippen LogP contribution in [0.4, 0.5) is 20.7 Å². The number of nitrogens with one attached hydrogen (secondary N) is 1. The lowest BCUT2D eigenvalue weighted by Gasteiger charge is -2.35. The number of hydrogen-bond donors (Lipinski definition) is 2. The summed E-state index contributed by atoms with van der Waals surface area (Å²) in [5.74, 6) is 0.258. The summed E-state index contributed by atoms with van der Waals surface area (Å²) in [6.45, 7) is 6.80. The van der Waals surface area contributed by atoms with Crippen molar-refractivity contribution in [3.63, 3.8) is 0 Å². The van der Waals surface area contributed by atoms with E-state index in [1.54, 1.807) is 52.4 Å². The Balaban J connectivity index is 1.27. The summed E-state index contributed by atoms with van der Waals surface area (Å²) in [6, 6.07) is 12.0. The third kappa shape index (κ3) is 5.75. The molecule has 1 aliphatic rings. The van der Waals surface area contributed by atoms with Gasteiger partial charge in [-0.05, 0) is 69.9 Å². The van der Waals surface area contributed by atoms with Gasteiger partial charge in [0.15, 0.2) is 0 Å². The van der Waals surface area contributed by atoms with E-state index >= 15 is 0 Å². The molecule has 4 heterocycles. The van der Waals surface area contributed by atoms with E-state index in [9.17, 15) is 9.18 Å². The maximum absolute atomic E-state index is 14.8. The molecule has 1 aliphatic heterocycles. The van der Waals surface area contributed by atoms with Crippen LogP contribution < -0.4 is 11.1 Å². The third-order valence-corrected chi connectivity index (χ3v) is 6.62. The second-order valence-corrected chi connectivity index (χ2v) is 10.6. The van der Waals surface area contributed by atoms with E-state index in [0.717, 1.165) is 29.4 Å². The number of rotatable bonds is 5. The van der Waals surface area contributed by atoms with E-state index in [1.165, 1.54) is 6.07 Å². The molecule has 198 valence electrons. The lowest BCUT2D eigenvalue weighted by molar-refractivity contribution is 0.0174. The Morgan fingerprint density at radius 2 is 1.97 bits per heavy atom. The van der Waals surface area contributed by atoms with Crippen molar-refractivity contribution in [2.45, 2.75) is 45.3 Å². The number of likely N-dealkylation sites (tertiary alicyclic amines) is 1. The summed E-state index contributed by atoms with van der Waals surface area (Å²) in [4.78, 5) is 23.3. The minimum Gasteiger partial charge on any atom is -0.444 e. The molecule has 38 heavy (non-hydrogen) atoms. The Labute approximate surface area is 220 Å². The maximum atomic E-state index is 14.8. The molecule has 3 N–H and O–H groups in total. The van der Waals surface area contributed by atoms with Crippen molar-refractivity contribution >= 4 is 28.5 Å². The first-order valence-electron chi connectivity index (χ1n) is 12.7. The molecule has 1 fully saturated rings. The van der Waals surface area contributed by atoms with Crippen molar-refractivity contribution in [2.24, 2.45) is 11.7 Å². The lowest BCUT2D eigenvalue weighted by Crippen LogP contribution is -2.43. The van der Waals surface area contributed by atoms with Crippen LogP contribution >= 0.6 is 0 Å². The Morgan fingerprint density at radius 3 is 2.66 bits per heavy atom. The molecule has 4 aromatic rings. The molecule has 5 rings (SSSR count). The van der Waals surface area contributed by atoms with Crippen LogP contribution in [0.1, 0.15) is 45.3 Å². The maximum Gasteiger partial charge on any atom is 0.410 e. The van der Waals surface area contributed by atoms with Crippen molar-refractivity contribution in [2.75, 3.05) is 18.4 Å². The fourth-order valence-corrected chi connectivity index (χ4v) is 4.60. The molecule has 1 amide bonds. The van der Waals surface area contributed by atoms with E-state index in [-0.39, 0.29) is 18.1 Å². The van der Waals surface area contributed by atoms with Gasteiger partial charge in [0.1, 0.15) is 17.2 Å². The first kappa shape index (κ1) is 25.6. The van der Waals surface area contributed by atoms with E-state index in [0.29, 0.717) is 30.3 Å². The molecule has 1 unspecified atom stereocenters. The molecule has 0 aliphatic carbocycles. The number of nitrogens with two attached hydrogens (primary N) is 1. The molecule has 0 saturated carbocycles. The molecule has 0 radical (unpaired) electrons.